The molecule has 0 aliphatic rings. The Kier molecular flexibility index (Phi) is 5.92. The van der Waals surface area contributed by atoms with Crippen LogP contribution in [0.5, 0.6) is 5.75 Å². The van der Waals surface area contributed by atoms with Gasteiger partial charge in [0, 0.05) is 23.2 Å². The van der Waals surface area contributed by atoms with Gasteiger partial charge in [-0.2, -0.15) is 9.61 Å². The van der Waals surface area contributed by atoms with E-state index in [9.17, 15) is 4.79 Å². The third-order valence-electron chi connectivity index (χ3n) is 4.65. The Morgan fingerprint density at radius 2 is 2.06 bits per heavy atom. The minimum Gasteiger partial charge on any atom is -0.497 e. The lowest BCUT2D eigenvalue weighted by Crippen LogP contribution is -2.34. The first-order valence-electron chi connectivity index (χ1n) is 9.57. The number of aryl methyl sites for hydroxylation is 2. The number of carbonyl (C=O) groups excluding carboxylic acids is 1. The molecule has 158 valence electrons. The molecule has 0 atom stereocenters. The molecule has 0 spiro atoms. The van der Waals surface area contributed by atoms with E-state index < -0.39 is 0 Å². The van der Waals surface area contributed by atoms with Crippen LogP contribution < -0.4 is 15.4 Å². The van der Waals surface area contributed by atoms with E-state index >= 15 is 0 Å². The van der Waals surface area contributed by atoms with Crippen LogP contribution in [-0.2, 0) is 6.42 Å². The molecule has 0 fully saturated rings. The number of nitrogens with zero attached hydrogens (tertiary/aromatic N) is 4. The molecule has 10 heteroatoms. The standard InChI is InChI=1S/C21H20N6O2S2/c1-4-17-24-25-21-27(17)26-19(31-21)14-8-9-16(12(2)10-14)22-20(30)23-18(28)13-6-5-7-15(11-13)29-3/h5-11H,4H2,1-3H3,(H2,22,23,28,30). The van der Waals surface area contributed by atoms with Crippen LogP contribution in [0.1, 0.15) is 28.7 Å². The fourth-order valence-electron chi connectivity index (χ4n) is 3.02. The zero-order chi connectivity index (χ0) is 22.0. The SMILES string of the molecule is CCc1nnc2sc(-c3ccc(NC(=S)NC(=O)c4cccc(OC)c4)c(C)c3)nn12. The molecular formula is C21H20N6O2S2. The molecule has 31 heavy (non-hydrogen) atoms. The fourth-order valence-corrected chi connectivity index (χ4v) is 4.08. The second kappa shape index (κ2) is 8.78. The van der Waals surface area contributed by atoms with E-state index in [1.165, 1.54) is 11.3 Å². The van der Waals surface area contributed by atoms with Gasteiger partial charge in [-0.05, 0) is 61.1 Å². The summed E-state index contributed by atoms with van der Waals surface area (Å²) in [4.78, 5) is 13.2. The molecule has 0 saturated carbocycles. The summed E-state index contributed by atoms with van der Waals surface area (Å²) < 4.78 is 6.94. The number of thiocarbonyl (C=S) groups is 1. The molecule has 0 unspecified atom stereocenters. The molecule has 0 saturated heterocycles. The number of hydrogen-bond acceptors (Lipinski definition) is 7. The molecular weight excluding hydrogens is 432 g/mol. The summed E-state index contributed by atoms with van der Waals surface area (Å²) >= 11 is 6.80. The van der Waals surface area contributed by atoms with Crippen LogP contribution in [-0.4, -0.2) is 37.9 Å². The molecule has 2 heterocycles. The van der Waals surface area contributed by atoms with Crippen molar-refractivity contribution in [1.82, 2.24) is 25.1 Å². The van der Waals surface area contributed by atoms with Crippen LogP contribution >= 0.6 is 23.6 Å². The maximum atomic E-state index is 12.4. The fraction of sp³-hybridized carbons (Fsp3) is 0.190. The molecule has 2 N–H and O–H groups in total. The molecule has 2 aromatic carbocycles. The minimum atomic E-state index is -0.308. The van der Waals surface area contributed by atoms with Crippen molar-refractivity contribution >= 4 is 45.2 Å². The number of benzene rings is 2. The third kappa shape index (κ3) is 4.39. The Bertz CT molecular complexity index is 1280. The summed E-state index contributed by atoms with van der Waals surface area (Å²) in [5.41, 5.74) is 3.21. The van der Waals surface area contributed by atoms with Crippen LogP contribution in [0.25, 0.3) is 15.5 Å². The second-order valence-electron chi connectivity index (χ2n) is 6.74. The highest BCUT2D eigenvalue weighted by Crippen LogP contribution is 2.28. The Hall–Kier alpha value is -3.37. The minimum absolute atomic E-state index is 0.218. The van der Waals surface area contributed by atoms with E-state index in [-0.39, 0.29) is 11.0 Å². The first-order chi connectivity index (χ1) is 15.0. The van der Waals surface area contributed by atoms with Gasteiger partial charge < -0.3 is 10.1 Å². The number of carbonyl (C=O) groups is 1. The normalized spacial score (nSPS) is 10.8. The van der Waals surface area contributed by atoms with Gasteiger partial charge in [-0.25, -0.2) is 0 Å². The van der Waals surface area contributed by atoms with Crippen molar-refractivity contribution in [3.05, 3.63) is 59.4 Å². The highest BCUT2D eigenvalue weighted by molar-refractivity contribution is 7.80. The number of rotatable bonds is 5. The van der Waals surface area contributed by atoms with Crippen LogP contribution in [0.4, 0.5) is 5.69 Å². The number of fused-ring (bicyclic) bond motifs is 1. The maximum absolute atomic E-state index is 12.4. The summed E-state index contributed by atoms with van der Waals surface area (Å²) in [5.74, 6) is 1.14. The van der Waals surface area contributed by atoms with Crippen LogP contribution in [0.3, 0.4) is 0 Å². The summed E-state index contributed by atoms with van der Waals surface area (Å²) in [7, 11) is 1.55. The molecule has 0 radical (unpaired) electrons. The summed E-state index contributed by atoms with van der Waals surface area (Å²) in [5, 5.41) is 19.8. The zero-order valence-electron chi connectivity index (χ0n) is 17.2. The highest BCUT2D eigenvalue weighted by atomic mass is 32.1. The van der Waals surface area contributed by atoms with Gasteiger partial charge in [0.1, 0.15) is 10.8 Å². The van der Waals surface area contributed by atoms with Crippen LogP contribution in [0, 0.1) is 6.92 Å². The predicted octanol–water partition coefficient (Wildman–Crippen LogP) is 3.86. The number of methoxy groups -OCH3 is 1. The summed E-state index contributed by atoms with van der Waals surface area (Å²) in [6, 6.07) is 12.8. The molecule has 4 aromatic rings. The van der Waals surface area contributed by atoms with Gasteiger partial charge in [0.05, 0.1) is 7.11 Å². The van der Waals surface area contributed by atoms with Gasteiger partial charge in [-0.3, -0.25) is 10.1 Å². The number of anilines is 1. The molecule has 0 aliphatic heterocycles. The van der Waals surface area contributed by atoms with Crippen molar-refractivity contribution in [3.63, 3.8) is 0 Å². The second-order valence-corrected chi connectivity index (χ2v) is 8.11. The van der Waals surface area contributed by atoms with E-state index in [4.69, 9.17) is 17.0 Å². The van der Waals surface area contributed by atoms with Gasteiger partial charge in [0.25, 0.3) is 5.91 Å². The van der Waals surface area contributed by atoms with E-state index in [2.05, 4.69) is 25.9 Å². The Balaban J connectivity index is 1.46. The average Bonchev–Trinajstić information content (AvgIpc) is 3.36. The van der Waals surface area contributed by atoms with Gasteiger partial charge in [0.15, 0.2) is 10.9 Å². The largest absolute Gasteiger partial charge is 0.497 e. The average molecular weight is 453 g/mol. The van der Waals surface area contributed by atoms with Crippen molar-refractivity contribution in [2.75, 3.05) is 12.4 Å². The molecule has 1 amide bonds. The number of nitrogens with one attached hydrogen (secondary N) is 2. The number of amides is 1. The van der Waals surface area contributed by atoms with Gasteiger partial charge in [-0.1, -0.05) is 24.3 Å². The maximum Gasteiger partial charge on any atom is 0.257 e. The lowest BCUT2D eigenvalue weighted by atomic mass is 10.1. The smallest absolute Gasteiger partial charge is 0.257 e. The van der Waals surface area contributed by atoms with Crippen molar-refractivity contribution in [2.24, 2.45) is 0 Å². The van der Waals surface area contributed by atoms with Crippen molar-refractivity contribution in [3.8, 4) is 16.3 Å². The number of hydrogen-bond donors (Lipinski definition) is 2. The topological polar surface area (TPSA) is 93.4 Å². The molecule has 0 bridgehead atoms. The quantitative estimate of drug-likeness (QED) is 0.444. The van der Waals surface area contributed by atoms with E-state index in [1.54, 1.807) is 35.9 Å². The van der Waals surface area contributed by atoms with Gasteiger partial charge in [-0.15, -0.1) is 10.2 Å². The summed E-state index contributed by atoms with van der Waals surface area (Å²) in [6.45, 7) is 3.99. The van der Waals surface area contributed by atoms with E-state index in [0.717, 1.165) is 39.0 Å². The Morgan fingerprint density at radius 1 is 1.23 bits per heavy atom. The first-order valence-corrected chi connectivity index (χ1v) is 10.8. The van der Waals surface area contributed by atoms with E-state index in [1.807, 2.05) is 32.0 Å². The summed E-state index contributed by atoms with van der Waals surface area (Å²) in [6.07, 6.45) is 0.769. The molecule has 2 aromatic heterocycles. The molecule has 4 rings (SSSR count). The zero-order valence-corrected chi connectivity index (χ0v) is 18.8. The number of ether oxygens (including phenoxy) is 1. The third-order valence-corrected chi connectivity index (χ3v) is 5.80. The predicted molar refractivity (Wildman–Crippen MR) is 125 cm³/mol. The highest BCUT2D eigenvalue weighted by Gasteiger charge is 2.14. The monoisotopic (exact) mass is 452 g/mol. The lowest BCUT2D eigenvalue weighted by molar-refractivity contribution is 0.0977. The Morgan fingerprint density at radius 3 is 2.81 bits per heavy atom. The van der Waals surface area contributed by atoms with Crippen LogP contribution in [0.2, 0.25) is 0 Å². The van der Waals surface area contributed by atoms with Crippen molar-refractivity contribution < 1.29 is 9.53 Å². The van der Waals surface area contributed by atoms with Crippen LogP contribution in [0.15, 0.2) is 42.5 Å². The van der Waals surface area contributed by atoms with Crippen molar-refractivity contribution in [2.45, 2.75) is 20.3 Å². The lowest BCUT2D eigenvalue weighted by Gasteiger charge is -2.13. The molecule has 8 nitrogen and oxygen atoms in total. The van der Waals surface area contributed by atoms with Gasteiger partial charge in [0.2, 0.25) is 4.96 Å². The van der Waals surface area contributed by atoms with E-state index in [0.29, 0.717) is 11.3 Å². The van der Waals surface area contributed by atoms with Crippen molar-refractivity contribution in [1.29, 1.82) is 0 Å². The molecule has 0 aliphatic carbocycles. The number of aromatic nitrogens is 4. The van der Waals surface area contributed by atoms with Gasteiger partial charge >= 0.3 is 0 Å². The Labute approximate surface area is 188 Å². The first kappa shape index (κ1) is 20.9.